The lowest BCUT2D eigenvalue weighted by molar-refractivity contribution is -0.147. The number of nitrogens with zero attached hydrogens (tertiary/aromatic N) is 4. The first kappa shape index (κ1) is 30.6. The molecule has 0 saturated carbocycles. The van der Waals surface area contributed by atoms with E-state index < -0.39 is 18.8 Å². The SMILES string of the molecule is CNC[C@@H](O)COc1ccc(Cl)c(-c2nc(/C(C(C)=N)=C(\C)O)c(C)c(N3CCCN(CC(F)(F)F)C3)n2)c1. The second-order valence-corrected chi connectivity index (χ2v) is 9.93. The van der Waals surface area contributed by atoms with Crippen LogP contribution in [0.3, 0.4) is 0 Å². The van der Waals surface area contributed by atoms with Crippen molar-refractivity contribution in [1.29, 1.82) is 5.41 Å². The number of aromatic nitrogens is 2. The molecule has 0 aliphatic carbocycles. The van der Waals surface area contributed by atoms with Crippen molar-refractivity contribution in [2.24, 2.45) is 0 Å². The van der Waals surface area contributed by atoms with Gasteiger partial charge in [0.15, 0.2) is 5.82 Å². The van der Waals surface area contributed by atoms with Crippen molar-refractivity contribution >= 4 is 28.7 Å². The summed E-state index contributed by atoms with van der Waals surface area (Å²) in [6.45, 7) is 4.76. The van der Waals surface area contributed by atoms with Gasteiger partial charge in [-0.15, -0.1) is 0 Å². The molecule has 2 heterocycles. The van der Waals surface area contributed by atoms with Crippen LogP contribution in [0.4, 0.5) is 19.0 Å². The van der Waals surface area contributed by atoms with Crippen LogP contribution in [0.2, 0.25) is 5.02 Å². The molecule has 13 heteroatoms. The molecule has 2 aromatic rings. The van der Waals surface area contributed by atoms with Crippen molar-refractivity contribution in [3.8, 4) is 17.1 Å². The van der Waals surface area contributed by atoms with Crippen LogP contribution in [0.25, 0.3) is 17.0 Å². The van der Waals surface area contributed by atoms with Gasteiger partial charge in [0.25, 0.3) is 0 Å². The van der Waals surface area contributed by atoms with Crippen LogP contribution in [-0.2, 0) is 0 Å². The Kier molecular flexibility index (Phi) is 10.2. The molecule has 1 aliphatic heterocycles. The summed E-state index contributed by atoms with van der Waals surface area (Å²) >= 11 is 6.53. The number of benzene rings is 1. The Bertz CT molecular complexity index is 1220. The smallest absolute Gasteiger partial charge is 0.401 e. The van der Waals surface area contributed by atoms with E-state index in [2.05, 4.69) is 10.3 Å². The summed E-state index contributed by atoms with van der Waals surface area (Å²) < 4.78 is 45.1. The molecule has 1 aromatic heterocycles. The minimum atomic E-state index is -4.34. The van der Waals surface area contributed by atoms with E-state index in [9.17, 15) is 23.4 Å². The largest absolute Gasteiger partial charge is 0.512 e. The van der Waals surface area contributed by atoms with Gasteiger partial charge in [-0.25, -0.2) is 9.97 Å². The minimum Gasteiger partial charge on any atom is -0.512 e. The van der Waals surface area contributed by atoms with Gasteiger partial charge < -0.3 is 30.6 Å². The molecule has 1 fully saturated rings. The van der Waals surface area contributed by atoms with E-state index >= 15 is 0 Å². The van der Waals surface area contributed by atoms with Gasteiger partial charge in [0.05, 0.1) is 29.5 Å². The van der Waals surface area contributed by atoms with E-state index in [1.54, 1.807) is 37.1 Å². The lowest BCUT2D eigenvalue weighted by atomic mass is 10.0. The Labute approximate surface area is 230 Å². The predicted molar refractivity (Wildman–Crippen MR) is 146 cm³/mol. The maximum absolute atomic E-state index is 13.1. The van der Waals surface area contributed by atoms with Crippen molar-refractivity contribution in [3.63, 3.8) is 0 Å². The molecular formula is C26H34ClF3N6O3. The number of alkyl halides is 3. The highest BCUT2D eigenvalue weighted by Crippen LogP contribution is 2.35. The summed E-state index contributed by atoms with van der Waals surface area (Å²) in [6.07, 6.45) is -4.58. The van der Waals surface area contributed by atoms with Crippen LogP contribution < -0.4 is 15.0 Å². The van der Waals surface area contributed by atoms with Gasteiger partial charge in [0.1, 0.15) is 30.0 Å². The number of anilines is 1. The van der Waals surface area contributed by atoms with E-state index in [1.807, 2.05) is 0 Å². The van der Waals surface area contributed by atoms with E-state index in [-0.39, 0.29) is 41.8 Å². The third-order valence-corrected chi connectivity index (χ3v) is 6.46. The van der Waals surface area contributed by atoms with Crippen molar-refractivity contribution < 1.29 is 28.1 Å². The molecule has 214 valence electrons. The highest BCUT2D eigenvalue weighted by atomic mass is 35.5. The fourth-order valence-corrected chi connectivity index (χ4v) is 4.67. The normalized spacial score (nSPS) is 16.2. The summed E-state index contributed by atoms with van der Waals surface area (Å²) in [4.78, 5) is 12.4. The Hall–Kier alpha value is -2.93. The first-order valence-electron chi connectivity index (χ1n) is 12.4. The zero-order valence-electron chi connectivity index (χ0n) is 22.4. The molecule has 9 nitrogen and oxygen atoms in total. The van der Waals surface area contributed by atoms with Crippen molar-refractivity contribution in [3.05, 3.63) is 40.2 Å². The first-order chi connectivity index (χ1) is 18.3. The molecular weight excluding hydrogens is 537 g/mol. The number of hydrogen-bond donors (Lipinski definition) is 4. The van der Waals surface area contributed by atoms with Crippen molar-refractivity contribution in [2.75, 3.05) is 51.4 Å². The Morgan fingerprint density at radius 2 is 1.97 bits per heavy atom. The van der Waals surface area contributed by atoms with Gasteiger partial charge in [-0.05, 0) is 52.4 Å². The zero-order chi connectivity index (χ0) is 28.9. The average Bonchev–Trinajstić information content (AvgIpc) is 2.83. The molecule has 1 atom stereocenters. The quantitative estimate of drug-likeness (QED) is 0.245. The van der Waals surface area contributed by atoms with Gasteiger partial charge in [-0.3, -0.25) is 4.90 Å². The fourth-order valence-electron chi connectivity index (χ4n) is 4.47. The van der Waals surface area contributed by atoms with Crippen molar-refractivity contribution in [1.82, 2.24) is 20.2 Å². The summed E-state index contributed by atoms with van der Waals surface area (Å²) in [5.41, 5.74) is 1.44. The molecule has 1 aromatic carbocycles. The highest BCUT2D eigenvalue weighted by Gasteiger charge is 2.33. The van der Waals surface area contributed by atoms with Crippen LogP contribution >= 0.6 is 11.6 Å². The van der Waals surface area contributed by atoms with Crippen LogP contribution in [-0.4, -0.2) is 89.6 Å². The maximum Gasteiger partial charge on any atom is 0.401 e. The number of rotatable bonds is 10. The second-order valence-electron chi connectivity index (χ2n) is 9.52. The number of hydrogen-bond acceptors (Lipinski definition) is 9. The summed E-state index contributed by atoms with van der Waals surface area (Å²) in [6, 6.07) is 4.85. The third-order valence-electron chi connectivity index (χ3n) is 6.13. The molecule has 0 bridgehead atoms. The lowest BCUT2D eigenvalue weighted by Crippen LogP contribution is -2.48. The number of aliphatic hydroxyl groups is 2. The molecule has 4 N–H and O–H groups in total. The predicted octanol–water partition coefficient (Wildman–Crippen LogP) is 4.43. The molecule has 0 amide bonds. The molecule has 0 unspecified atom stereocenters. The number of aliphatic hydroxyl groups excluding tert-OH is 2. The Morgan fingerprint density at radius 1 is 1.26 bits per heavy atom. The lowest BCUT2D eigenvalue weighted by Gasteiger charge is -2.37. The van der Waals surface area contributed by atoms with E-state index in [0.717, 1.165) is 0 Å². The van der Waals surface area contributed by atoms with E-state index in [4.69, 9.17) is 26.7 Å². The summed E-state index contributed by atoms with van der Waals surface area (Å²) in [5.74, 6) is 0.821. The van der Waals surface area contributed by atoms with Gasteiger partial charge in [-0.2, -0.15) is 13.2 Å². The molecule has 0 spiro atoms. The van der Waals surface area contributed by atoms with Crippen LogP contribution in [0.15, 0.2) is 24.0 Å². The number of allylic oxidation sites excluding steroid dienone is 2. The second kappa shape index (κ2) is 12.9. The zero-order valence-corrected chi connectivity index (χ0v) is 23.1. The molecule has 1 aliphatic rings. The molecule has 0 radical (unpaired) electrons. The third kappa shape index (κ3) is 8.04. The first-order valence-corrected chi connectivity index (χ1v) is 12.8. The van der Waals surface area contributed by atoms with Gasteiger partial charge in [0, 0.05) is 36.5 Å². The Balaban J connectivity index is 2.12. The van der Waals surface area contributed by atoms with Crippen LogP contribution in [0.5, 0.6) is 5.75 Å². The minimum absolute atomic E-state index is 0.00277. The van der Waals surface area contributed by atoms with Gasteiger partial charge in [0.2, 0.25) is 0 Å². The Morgan fingerprint density at radius 3 is 2.59 bits per heavy atom. The standard InChI is InChI=1S/C26H34ClF3N6O3/c1-15-23(22(16(2)31)17(3)37)33-24(20-10-19(6-7-21(20)27)39-12-18(38)11-32-4)34-25(15)36-9-5-8-35(14-36)13-26(28,29)30/h6-7,10,18,31-32,37-38H,5,8-9,11-14H2,1-4H3/b22-17+,31-16?/t18-/m1/s1. The fraction of sp³-hybridized carbons (Fsp3) is 0.500. The maximum atomic E-state index is 13.1. The number of ether oxygens (including phenoxy) is 1. The van der Waals surface area contributed by atoms with Gasteiger partial charge in [-0.1, -0.05) is 11.6 Å². The molecule has 39 heavy (non-hydrogen) atoms. The summed E-state index contributed by atoms with van der Waals surface area (Å²) in [5, 5.41) is 31.8. The van der Waals surface area contributed by atoms with E-state index in [1.165, 1.54) is 18.7 Å². The molecule has 1 saturated heterocycles. The number of halogens is 4. The van der Waals surface area contributed by atoms with Crippen LogP contribution in [0.1, 0.15) is 31.5 Å². The monoisotopic (exact) mass is 570 g/mol. The number of nitrogens with one attached hydrogen (secondary N) is 2. The van der Waals surface area contributed by atoms with Gasteiger partial charge >= 0.3 is 6.18 Å². The van der Waals surface area contributed by atoms with E-state index in [0.29, 0.717) is 53.8 Å². The average molecular weight is 571 g/mol. The number of likely N-dealkylation sites (N-methyl/N-ethyl adjacent to an activating group) is 1. The van der Waals surface area contributed by atoms with Crippen LogP contribution in [0, 0.1) is 12.3 Å². The van der Waals surface area contributed by atoms with Crippen molar-refractivity contribution in [2.45, 2.75) is 39.5 Å². The highest BCUT2D eigenvalue weighted by molar-refractivity contribution is 6.33. The molecule has 3 rings (SSSR count). The topological polar surface area (TPSA) is 118 Å². The summed E-state index contributed by atoms with van der Waals surface area (Å²) in [7, 11) is 1.71.